The molecule has 0 aromatic heterocycles. The molecule has 1 fully saturated rings. The Morgan fingerprint density at radius 2 is 1.92 bits per heavy atom. The van der Waals surface area contributed by atoms with Crippen LogP contribution in [0.25, 0.3) is 0 Å². The Hall–Kier alpha value is -1.79. The van der Waals surface area contributed by atoms with E-state index in [1.54, 1.807) is 0 Å². The van der Waals surface area contributed by atoms with E-state index in [0.717, 1.165) is 13.8 Å². The number of aliphatic hydroxyl groups is 4. The van der Waals surface area contributed by atoms with Crippen molar-refractivity contribution in [3.8, 4) is 0 Å². The third kappa shape index (κ3) is 4.61. The van der Waals surface area contributed by atoms with Gasteiger partial charge < -0.3 is 40.3 Å². The zero-order valence-electron chi connectivity index (χ0n) is 13.1. The Labute approximate surface area is 136 Å². The van der Waals surface area contributed by atoms with E-state index in [-0.39, 0.29) is 0 Å². The van der Waals surface area contributed by atoms with Gasteiger partial charge in [-0.15, -0.1) is 0 Å². The number of carbonyl (C=O) groups excluding carboxylic acids is 2. The average Bonchev–Trinajstić information content (AvgIpc) is 2.47. The Morgan fingerprint density at radius 1 is 1.33 bits per heavy atom. The molecule has 0 radical (unpaired) electrons. The van der Waals surface area contributed by atoms with Gasteiger partial charge in [-0.25, -0.2) is 4.79 Å². The summed E-state index contributed by atoms with van der Waals surface area (Å²) < 4.78 is 9.91. The summed E-state index contributed by atoms with van der Waals surface area (Å²) in [6.45, 7) is 1.26. The first-order valence-corrected chi connectivity index (χ1v) is 7.06. The topological polar surface area (TPSA) is 183 Å². The lowest BCUT2D eigenvalue weighted by molar-refractivity contribution is -0.296. The van der Waals surface area contributed by atoms with Crippen LogP contribution in [0.4, 0.5) is 0 Å². The highest BCUT2D eigenvalue weighted by molar-refractivity contribution is 5.76. The van der Waals surface area contributed by atoms with Crippen molar-refractivity contribution in [3.05, 3.63) is 0 Å². The van der Waals surface area contributed by atoms with Gasteiger partial charge in [0.05, 0.1) is 19.1 Å². The molecule has 1 heterocycles. The minimum absolute atomic E-state index is 0.614. The fraction of sp³-hybridized carbons (Fsp3) is 0.769. The van der Waals surface area contributed by atoms with Crippen molar-refractivity contribution in [2.45, 2.75) is 56.5 Å². The first-order chi connectivity index (χ1) is 11.0. The third-order valence-electron chi connectivity index (χ3n) is 3.50. The van der Waals surface area contributed by atoms with Crippen LogP contribution in [0.3, 0.4) is 0 Å². The molecular weight excluding hydrogens is 330 g/mol. The van der Waals surface area contributed by atoms with Gasteiger partial charge in [-0.05, 0) is 0 Å². The number of carboxylic acids is 1. The Balaban J connectivity index is 3.25. The number of hydrogen-bond donors (Lipinski definition) is 6. The molecule has 0 aromatic rings. The first kappa shape index (κ1) is 20.3. The van der Waals surface area contributed by atoms with Crippen LogP contribution in [0.15, 0.2) is 0 Å². The van der Waals surface area contributed by atoms with Crippen LogP contribution >= 0.6 is 0 Å². The number of amides is 1. The van der Waals surface area contributed by atoms with E-state index in [1.807, 2.05) is 0 Å². The number of rotatable bonds is 6. The number of carboxylic acid groups (broad SMARTS) is 1. The second kappa shape index (κ2) is 7.85. The van der Waals surface area contributed by atoms with Gasteiger partial charge in [0.25, 0.3) is 5.79 Å². The van der Waals surface area contributed by atoms with E-state index in [2.05, 4.69) is 5.32 Å². The largest absolute Gasteiger partial charge is 0.477 e. The van der Waals surface area contributed by atoms with Crippen LogP contribution in [0, 0.1) is 0 Å². The maximum atomic E-state index is 11.4. The predicted octanol–water partition coefficient (Wildman–Crippen LogP) is -3.30. The summed E-state index contributed by atoms with van der Waals surface area (Å²) in [6, 6.07) is -1.26. The van der Waals surface area contributed by atoms with Crippen molar-refractivity contribution < 1.29 is 49.4 Å². The average molecular weight is 351 g/mol. The molecule has 3 unspecified atom stereocenters. The second-order valence-electron chi connectivity index (χ2n) is 5.49. The van der Waals surface area contributed by atoms with E-state index < -0.39 is 67.1 Å². The van der Waals surface area contributed by atoms with Crippen LogP contribution in [0.1, 0.15) is 20.3 Å². The highest BCUT2D eigenvalue weighted by Gasteiger charge is 2.55. The van der Waals surface area contributed by atoms with E-state index in [1.165, 1.54) is 0 Å². The van der Waals surface area contributed by atoms with E-state index in [0.29, 0.717) is 0 Å². The number of esters is 1. The third-order valence-corrected chi connectivity index (χ3v) is 3.50. The summed E-state index contributed by atoms with van der Waals surface area (Å²) in [5.74, 6) is -6.06. The number of nitrogens with one attached hydrogen (secondary N) is 1. The van der Waals surface area contributed by atoms with E-state index >= 15 is 0 Å². The second-order valence-corrected chi connectivity index (χ2v) is 5.49. The maximum absolute atomic E-state index is 11.4. The normalized spacial score (nSPS) is 32.5. The molecule has 0 spiro atoms. The smallest absolute Gasteiger partial charge is 0.364 e. The SMILES string of the molecule is CC(=O)N[C@@H]1[C@@H](OC(C)=O)CC(O)(C(=O)O)O[C@H]1C(O)C(O)CO. The van der Waals surface area contributed by atoms with Gasteiger partial charge in [-0.3, -0.25) is 9.59 Å². The maximum Gasteiger partial charge on any atom is 0.364 e. The zero-order valence-corrected chi connectivity index (χ0v) is 13.1. The quantitative estimate of drug-likeness (QED) is 0.265. The van der Waals surface area contributed by atoms with Crippen LogP contribution in [-0.2, 0) is 23.9 Å². The lowest BCUT2D eigenvalue weighted by Gasteiger charge is -2.45. The summed E-state index contributed by atoms with van der Waals surface area (Å²) in [5.41, 5.74) is 0. The molecule has 138 valence electrons. The minimum atomic E-state index is -2.82. The highest BCUT2D eigenvalue weighted by atomic mass is 16.7. The minimum Gasteiger partial charge on any atom is -0.477 e. The molecule has 11 nitrogen and oxygen atoms in total. The molecule has 11 heteroatoms. The summed E-state index contributed by atoms with van der Waals surface area (Å²) in [5, 5.41) is 50.1. The molecule has 0 saturated carbocycles. The summed E-state index contributed by atoms with van der Waals surface area (Å²) in [4.78, 5) is 33.8. The molecular formula is C13H21NO10. The van der Waals surface area contributed by atoms with E-state index in [4.69, 9.17) is 19.7 Å². The molecule has 24 heavy (non-hydrogen) atoms. The van der Waals surface area contributed by atoms with Gasteiger partial charge in [-0.2, -0.15) is 0 Å². The molecule has 1 amide bonds. The molecule has 1 saturated heterocycles. The number of hydrogen-bond acceptors (Lipinski definition) is 9. The van der Waals surface area contributed by atoms with Crippen molar-refractivity contribution >= 4 is 17.8 Å². The Morgan fingerprint density at radius 3 is 2.33 bits per heavy atom. The lowest BCUT2D eigenvalue weighted by Crippen LogP contribution is -2.67. The molecule has 1 rings (SSSR count). The molecule has 6 N–H and O–H groups in total. The Bertz CT molecular complexity index is 497. The van der Waals surface area contributed by atoms with Crippen LogP contribution in [-0.4, -0.2) is 86.2 Å². The molecule has 1 aliphatic rings. The van der Waals surface area contributed by atoms with Gasteiger partial charge in [0.1, 0.15) is 24.4 Å². The number of aliphatic carboxylic acids is 1. The van der Waals surface area contributed by atoms with Crippen LogP contribution < -0.4 is 5.32 Å². The lowest BCUT2D eigenvalue weighted by atomic mass is 9.88. The number of aliphatic hydroxyl groups excluding tert-OH is 3. The number of ether oxygens (including phenoxy) is 2. The number of carbonyl (C=O) groups is 3. The standard InChI is InChI=1S/C13H21NO10/c1-5(16)14-9-8(23-6(2)17)3-13(22,12(20)21)24-11(9)10(19)7(18)4-15/h7-11,15,18-19,22H,3-4H2,1-2H3,(H,14,16)(H,20,21)/t7?,8-,9+,10?,11+,13?/m0/s1. The highest BCUT2D eigenvalue weighted by Crippen LogP contribution is 2.32. The summed E-state index contributed by atoms with van der Waals surface area (Å²) in [6.07, 6.45) is -7.37. The Kier molecular flexibility index (Phi) is 6.63. The summed E-state index contributed by atoms with van der Waals surface area (Å²) in [7, 11) is 0. The first-order valence-electron chi connectivity index (χ1n) is 7.06. The van der Waals surface area contributed by atoms with Crippen LogP contribution in [0.5, 0.6) is 0 Å². The fourth-order valence-electron chi connectivity index (χ4n) is 2.44. The monoisotopic (exact) mass is 351 g/mol. The molecule has 0 bridgehead atoms. The molecule has 0 aliphatic carbocycles. The van der Waals surface area contributed by atoms with Gasteiger partial charge >= 0.3 is 11.9 Å². The zero-order chi connectivity index (χ0) is 18.7. The van der Waals surface area contributed by atoms with Crippen molar-refractivity contribution in [1.82, 2.24) is 5.32 Å². The predicted molar refractivity (Wildman–Crippen MR) is 74.3 cm³/mol. The molecule has 1 aliphatic heterocycles. The molecule has 0 aromatic carbocycles. The van der Waals surface area contributed by atoms with Crippen molar-refractivity contribution in [2.24, 2.45) is 0 Å². The van der Waals surface area contributed by atoms with Crippen LogP contribution in [0.2, 0.25) is 0 Å². The summed E-state index contributed by atoms with van der Waals surface area (Å²) >= 11 is 0. The van der Waals surface area contributed by atoms with Crippen molar-refractivity contribution in [1.29, 1.82) is 0 Å². The van der Waals surface area contributed by atoms with Gasteiger partial charge in [0.15, 0.2) is 0 Å². The molecule has 6 atom stereocenters. The van der Waals surface area contributed by atoms with Gasteiger partial charge in [0, 0.05) is 13.8 Å². The van der Waals surface area contributed by atoms with E-state index in [9.17, 15) is 29.7 Å². The van der Waals surface area contributed by atoms with Crippen molar-refractivity contribution in [2.75, 3.05) is 6.61 Å². The van der Waals surface area contributed by atoms with Gasteiger partial charge in [0.2, 0.25) is 5.91 Å². The fourth-order valence-corrected chi connectivity index (χ4v) is 2.44. The van der Waals surface area contributed by atoms with Crippen molar-refractivity contribution in [3.63, 3.8) is 0 Å². The van der Waals surface area contributed by atoms with Gasteiger partial charge in [-0.1, -0.05) is 0 Å².